The minimum absolute atomic E-state index is 0.577. The van der Waals surface area contributed by atoms with Gasteiger partial charge in [-0.25, -0.2) is 0 Å². The second-order valence-corrected chi connectivity index (χ2v) is 5.53. The topological polar surface area (TPSA) is 52.6 Å². The number of nitrogens with zero attached hydrogens (tertiary/aromatic N) is 1. The summed E-state index contributed by atoms with van der Waals surface area (Å²) in [6.07, 6.45) is 1.25. The number of carboxylic acid groups (broad SMARTS) is 1. The average molecular weight is 228 g/mol. The molecule has 0 radical (unpaired) electrons. The van der Waals surface area contributed by atoms with Crippen molar-refractivity contribution in [2.75, 3.05) is 26.7 Å². The molecule has 4 heteroatoms. The Balaban J connectivity index is 2.61. The third-order valence-corrected chi connectivity index (χ3v) is 3.51. The predicted octanol–water partition coefficient (Wildman–Crippen LogP) is 1.03. The van der Waals surface area contributed by atoms with E-state index in [0.717, 1.165) is 13.1 Å². The van der Waals surface area contributed by atoms with Crippen molar-refractivity contribution in [1.29, 1.82) is 0 Å². The third kappa shape index (κ3) is 3.19. The molecule has 1 aliphatic rings. The highest BCUT2D eigenvalue weighted by Gasteiger charge is 2.35. The largest absolute Gasteiger partial charge is 0.480 e. The predicted molar refractivity (Wildman–Crippen MR) is 64.5 cm³/mol. The number of nitrogens with one attached hydrogen (secondary N) is 1. The van der Waals surface area contributed by atoms with Crippen LogP contribution in [-0.2, 0) is 4.79 Å². The van der Waals surface area contributed by atoms with Crippen molar-refractivity contribution in [3.63, 3.8) is 0 Å². The van der Waals surface area contributed by atoms with Crippen LogP contribution in [0.1, 0.15) is 27.2 Å². The summed E-state index contributed by atoms with van der Waals surface area (Å²) < 4.78 is 0. The average Bonchev–Trinajstić information content (AvgIpc) is 2.15. The van der Waals surface area contributed by atoms with E-state index in [1.54, 1.807) is 14.0 Å². The van der Waals surface area contributed by atoms with Crippen LogP contribution in [0.25, 0.3) is 0 Å². The number of rotatable bonds is 4. The molecule has 0 aromatic rings. The maximum absolute atomic E-state index is 11.2. The first-order valence-corrected chi connectivity index (χ1v) is 6.02. The van der Waals surface area contributed by atoms with Gasteiger partial charge in [-0.05, 0) is 32.2 Å². The summed E-state index contributed by atoms with van der Waals surface area (Å²) in [7, 11) is 1.71. The van der Waals surface area contributed by atoms with Gasteiger partial charge in [0.25, 0.3) is 0 Å². The molecule has 0 bridgehead atoms. The lowest BCUT2D eigenvalue weighted by Gasteiger charge is -2.39. The Kier molecular flexibility index (Phi) is 4.33. The third-order valence-electron chi connectivity index (χ3n) is 3.51. The van der Waals surface area contributed by atoms with Gasteiger partial charge in [-0.3, -0.25) is 4.79 Å². The molecule has 1 heterocycles. The molecule has 1 fully saturated rings. The SMILES string of the molecule is CNC(C)(CN1CC(C)CC(C)C1)C(=O)O. The zero-order valence-electron chi connectivity index (χ0n) is 10.8. The van der Waals surface area contributed by atoms with Crippen LogP contribution in [0, 0.1) is 11.8 Å². The summed E-state index contributed by atoms with van der Waals surface area (Å²) in [6.45, 7) is 8.82. The Hall–Kier alpha value is -0.610. The molecule has 0 aromatic carbocycles. The summed E-state index contributed by atoms with van der Waals surface area (Å²) in [5.74, 6) is 0.554. The molecule has 1 aliphatic heterocycles. The fourth-order valence-corrected chi connectivity index (χ4v) is 2.62. The maximum atomic E-state index is 11.2. The number of piperidine rings is 1. The van der Waals surface area contributed by atoms with Crippen LogP contribution in [0.3, 0.4) is 0 Å². The van der Waals surface area contributed by atoms with E-state index < -0.39 is 11.5 Å². The highest BCUT2D eigenvalue weighted by atomic mass is 16.4. The van der Waals surface area contributed by atoms with Crippen LogP contribution in [-0.4, -0.2) is 48.2 Å². The molecule has 16 heavy (non-hydrogen) atoms. The van der Waals surface area contributed by atoms with E-state index in [2.05, 4.69) is 24.1 Å². The van der Waals surface area contributed by atoms with E-state index >= 15 is 0 Å². The first-order chi connectivity index (χ1) is 7.37. The van der Waals surface area contributed by atoms with E-state index in [9.17, 15) is 9.90 Å². The lowest BCUT2D eigenvalue weighted by atomic mass is 9.90. The Morgan fingerprint density at radius 3 is 2.31 bits per heavy atom. The number of carbonyl (C=O) groups is 1. The van der Waals surface area contributed by atoms with Gasteiger partial charge < -0.3 is 15.3 Å². The highest BCUT2D eigenvalue weighted by molar-refractivity contribution is 5.78. The molecule has 1 rings (SSSR count). The molecule has 2 N–H and O–H groups in total. The molecule has 3 atom stereocenters. The van der Waals surface area contributed by atoms with Gasteiger partial charge >= 0.3 is 5.97 Å². The molecular weight excluding hydrogens is 204 g/mol. The van der Waals surface area contributed by atoms with Crippen molar-refractivity contribution >= 4 is 5.97 Å². The number of hydrogen-bond donors (Lipinski definition) is 2. The summed E-state index contributed by atoms with van der Waals surface area (Å²) >= 11 is 0. The summed E-state index contributed by atoms with van der Waals surface area (Å²) in [5.41, 5.74) is -0.837. The van der Waals surface area contributed by atoms with Crippen LogP contribution >= 0.6 is 0 Å². The van der Waals surface area contributed by atoms with Gasteiger partial charge in [0.1, 0.15) is 5.54 Å². The molecule has 94 valence electrons. The monoisotopic (exact) mass is 228 g/mol. The maximum Gasteiger partial charge on any atom is 0.324 e. The fourth-order valence-electron chi connectivity index (χ4n) is 2.62. The van der Waals surface area contributed by atoms with Gasteiger partial charge in [0.15, 0.2) is 0 Å². The van der Waals surface area contributed by atoms with Crippen LogP contribution in [0.4, 0.5) is 0 Å². The highest BCUT2D eigenvalue weighted by Crippen LogP contribution is 2.22. The number of aliphatic carboxylic acids is 1. The van der Waals surface area contributed by atoms with Gasteiger partial charge in [0, 0.05) is 19.6 Å². The van der Waals surface area contributed by atoms with Gasteiger partial charge in [0.05, 0.1) is 0 Å². The molecule has 0 aliphatic carbocycles. The van der Waals surface area contributed by atoms with E-state index in [0.29, 0.717) is 18.4 Å². The smallest absolute Gasteiger partial charge is 0.324 e. The zero-order valence-corrected chi connectivity index (χ0v) is 10.8. The Morgan fingerprint density at radius 2 is 1.94 bits per heavy atom. The first-order valence-electron chi connectivity index (χ1n) is 6.02. The Morgan fingerprint density at radius 1 is 1.44 bits per heavy atom. The fraction of sp³-hybridized carbons (Fsp3) is 0.917. The molecule has 3 unspecified atom stereocenters. The van der Waals surface area contributed by atoms with Crippen LogP contribution in [0.15, 0.2) is 0 Å². The van der Waals surface area contributed by atoms with Crippen molar-refractivity contribution in [3.8, 4) is 0 Å². The van der Waals surface area contributed by atoms with E-state index in [-0.39, 0.29) is 0 Å². The second kappa shape index (κ2) is 5.15. The van der Waals surface area contributed by atoms with Gasteiger partial charge in [0.2, 0.25) is 0 Å². The lowest BCUT2D eigenvalue weighted by molar-refractivity contribution is -0.145. The van der Waals surface area contributed by atoms with Crippen LogP contribution in [0.2, 0.25) is 0 Å². The molecular formula is C12H24N2O2. The van der Waals surface area contributed by atoms with Crippen molar-refractivity contribution < 1.29 is 9.90 Å². The van der Waals surface area contributed by atoms with E-state index in [4.69, 9.17) is 0 Å². The lowest BCUT2D eigenvalue weighted by Crippen LogP contribution is -2.57. The summed E-state index contributed by atoms with van der Waals surface area (Å²) in [4.78, 5) is 13.5. The van der Waals surface area contributed by atoms with Crippen LogP contribution in [0.5, 0.6) is 0 Å². The molecule has 4 nitrogen and oxygen atoms in total. The zero-order chi connectivity index (χ0) is 12.3. The second-order valence-electron chi connectivity index (χ2n) is 5.53. The molecule has 1 saturated heterocycles. The van der Waals surface area contributed by atoms with Crippen molar-refractivity contribution in [2.45, 2.75) is 32.7 Å². The normalized spacial score (nSPS) is 31.0. The standard InChI is InChI=1S/C12H24N2O2/c1-9-5-10(2)7-14(6-9)8-12(3,13-4)11(15)16/h9-10,13H,5-8H2,1-4H3,(H,15,16). The van der Waals surface area contributed by atoms with Gasteiger partial charge in [-0.2, -0.15) is 0 Å². The van der Waals surface area contributed by atoms with E-state index in [1.807, 2.05) is 0 Å². The number of likely N-dealkylation sites (N-methyl/N-ethyl adjacent to an activating group) is 1. The number of carboxylic acids is 1. The quantitative estimate of drug-likeness (QED) is 0.754. The minimum atomic E-state index is -0.837. The summed E-state index contributed by atoms with van der Waals surface area (Å²) in [5, 5.41) is 12.1. The Labute approximate surface area is 98.0 Å². The summed E-state index contributed by atoms with van der Waals surface area (Å²) in [6, 6.07) is 0. The van der Waals surface area contributed by atoms with Crippen molar-refractivity contribution in [1.82, 2.24) is 10.2 Å². The minimum Gasteiger partial charge on any atom is -0.480 e. The number of likely N-dealkylation sites (tertiary alicyclic amines) is 1. The number of hydrogen-bond acceptors (Lipinski definition) is 3. The molecule has 0 spiro atoms. The first kappa shape index (κ1) is 13.5. The van der Waals surface area contributed by atoms with Crippen molar-refractivity contribution in [2.24, 2.45) is 11.8 Å². The van der Waals surface area contributed by atoms with Crippen molar-refractivity contribution in [3.05, 3.63) is 0 Å². The Bertz CT molecular complexity index is 247. The van der Waals surface area contributed by atoms with Gasteiger partial charge in [-0.15, -0.1) is 0 Å². The van der Waals surface area contributed by atoms with Gasteiger partial charge in [-0.1, -0.05) is 13.8 Å². The van der Waals surface area contributed by atoms with Crippen LogP contribution < -0.4 is 5.32 Å². The van der Waals surface area contributed by atoms with E-state index in [1.165, 1.54) is 6.42 Å². The molecule has 0 amide bonds. The molecule has 0 saturated carbocycles. The molecule has 0 aromatic heterocycles.